The van der Waals surface area contributed by atoms with Crippen molar-refractivity contribution in [2.24, 2.45) is 0 Å². The molecule has 0 bridgehead atoms. The van der Waals surface area contributed by atoms with Gasteiger partial charge in [0, 0.05) is 0 Å². The van der Waals surface area contributed by atoms with Gasteiger partial charge < -0.3 is 9.79 Å². The molecule has 0 fully saturated rings. The molecule has 0 spiro atoms. The van der Waals surface area contributed by atoms with Crippen LogP contribution in [0, 0.1) is 0 Å². The number of rotatable bonds is 4. The van der Waals surface area contributed by atoms with E-state index in [4.69, 9.17) is 33.0 Å². The van der Waals surface area contributed by atoms with Crippen LogP contribution in [-0.2, 0) is 9.09 Å². The third-order valence-electron chi connectivity index (χ3n) is 0.631. The molecular formula is C3H7Cl2O4P. The van der Waals surface area contributed by atoms with Crippen LogP contribution in [0.5, 0.6) is 0 Å². The first-order valence-electron chi connectivity index (χ1n) is 2.35. The summed E-state index contributed by atoms with van der Waals surface area (Å²) >= 11 is 10.4. The van der Waals surface area contributed by atoms with E-state index in [9.17, 15) is 4.57 Å². The summed E-state index contributed by atoms with van der Waals surface area (Å²) in [6, 6.07) is 0. The number of halogens is 2. The molecule has 0 aromatic carbocycles. The molecule has 0 aromatic rings. The monoisotopic (exact) mass is 208 g/mol. The summed E-state index contributed by atoms with van der Waals surface area (Å²) in [6.07, 6.45) is -0.788. The smallest absolute Gasteiger partial charge is 0.303 e. The van der Waals surface area contributed by atoms with Crippen molar-refractivity contribution in [1.29, 1.82) is 0 Å². The highest BCUT2D eigenvalue weighted by atomic mass is 35.5. The minimum absolute atomic E-state index is 0.0331. The molecular weight excluding hydrogens is 202 g/mol. The Bertz CT molecular complexity index is 130. The molecule has 0 amide bonds. The first kappa shape index (κ1) is 10.7. The third kappa shape index (κ3) is 5.47. The molecule has 0 radical (unpaired) electrons. The molecule has 4 nitrogen and oxygen atoms in total. The summed E-state index contributed by atoms with van der Waals surface area (Å²) in [5.74, 6) is -0.0662. The van der Waals surface area contributed by atoms with Crippen LogP contribution >= 0.6 is 31.0 Å². The van der Waals surface area contributed by atoms with E-state index in [0.29, 0.717) is 0 Å². The summed E-state index contributed by atoms with van der Waals surface area (Å²) in [6.45, 7) is 0. The Morgan fingerprint density at radius 3 is 1.90 bits per heavy atom. The van der Waals surface area contributed by atoms with Gasteiger partial charge in [-0.15, -0.1) is 23.2 Å². The van der Waals surface area contributed by atoms with E-state index < -0.39 is 13.9 Å². The molecule has 0 saturated heterocycles. The number of phosphoric ester groups is 1. The van der Waals surface area contributed by atoms with Crippen LogP contribution in [0.25, 0.3) is 0 Å². The van der Waals surface area contributed by atoms with Gasteiger partial charge in [0.05, 0.1) is 17.9 Å². The second-order valence-electron chi connectivity index (χ2n) is 1.53. The second-order valence-corrected chi connectivity index (χ2v) is 3.34. The molecule has 0 rings (SSSR count). The summed E-state index contributed by atoms with van der Waals surface area (Å²) in [5.41, 5.74) is 0. The maximum atomic E-state index is 10.1. The Morgan fingerprint density at radius 1 is 1.40 bits per heavy atom. The van der Waals surface area contributed by atoms with Gasteiger partial charge in [-0.2, -0.15) is 0 Å². The van der Waals surface area contributed by atoms with Gasteiger partial charge in [0.25, 0.3) is 0 Å². The topological polar surface area (TPSA) is 66.8 Å². The first-order valence-corrected chi connectivity index (χ1v) is 4.95. The fourth-order valence-corrected chi connectivity index (χ4v) is 1.46. The third-order valence-corrected chi connectivity index (χ3v) is 1.89. The van der Waals surface area contributed by atoms with E-state index in [2.05, 4.69) is 4.52 Å². The Morgan fingerprint density at radius 2 is 1.80 bits per heavy atom. The maximum Gasteiger partial charge on any atom is 0.469 e. The Labute approximate surface area is 68.3 Å². The lowest BCUT2D eigenvalue weighted by molar-refractivity contribution is 0.160. The highest BCUT2D eigenvalue weighted by molar-refractivity contribution is 7.46. The highest BCUT2D eigenvalue weighted by Crippen LogP contribution is 2.37. The van der Waals surface area contributed by atoms with Crippen LogP contribution in [0.3, 0.4) is 0 Å². The van der Waals surface area contributed by atoms with Gasteiger partial charge >= 0.3 is 7.82 Å². The molecule has 0 aliphatic carbocycles. The normalized spacial score (nSPS) is 12.5. The summed E-state index contributed by atoms with van der Waals surface area (Å²) < 4.78 is 14.3. The lowest BCUT2D eigenvalue weighted by Crippen LogP contribution is -2.14. The van der Waals surface area contributed by atoms with Crippen LogP contribution in [0.15, 0.2) is 0 Å². The minimum Gasteiger partial charge on any atom is -0.303 e. The van der Waals surface area contributed by atoms with Crippen molar-refractivity contribution >= 4 is 31.0 Å². The maximum absolute atomic E-state index is 10.1. The van der Waals surface area contributed by atoms with Crippen LogP contribution in [-0.4, -0.2) is 27.7 Å². The van der Waals surface area contributed by atoms with E-state index in [-0.39, 0.29) is 11.8 Å². The van der Waals surface area contributed by atoms with E-state index in [1.807, 2.05) is 0 Å². The van der Waals surface area contributed by atoms with Crippen molar-refractivity contribution in [3.63, 3.8) is 0 Å². The SMILES string of the molecule is O=P(O)(O)OC(CCl)CCl. The van der Waals surface area contributed by atoms with Crippen LogP contribution in [0.4, 0.5) is 0 Å². The van der Waals surface area contributed by atoms with Crippen LogP contribution in [0.2, 0.25) is 0 Å². The lowest BCUT2D eigenvalue weighted by Gasteiger charge is -2.11. The van der Waals surface area contributed by atoms with Gasteiger partial charge in [0.1, 0.15) is 0 Å². The molecule has 0 aliphatic rings. The molecule has 2 N–H and O–H groups in total. The van der Waals surface area contributed by atoms with Gasteiger partial charge in [0.15, 0.2) is 0 Å². The van der Waals surface area contributed by atoms with Gasteiger partial charge in [-0.05, 0) is 0 Å². The predicted molar refractivity (Wildman–Crippen MR) is 38.4 cm³/mol. The number of alkyl halides is 2. The standard InChI is InChI=1S/C3H7Cl2O4P/c4-1-3(2-5)9-10(6,7)8/h3H,1-2H2,(H2,6,7,8). The summed E-state index contributed by atoms with van der Waals surface area (Å²) in [7, 11) is -4.42. The van der Waals surface area contributed by atoms with E-state index in [1.165, 1.54) is 0 Å². The van der Waals surface area contributed by atoms with Gasteiger partial charge in [-0.3, -0.25) is 4.52 Å². The molecule has 0 heterocycles. The van der Waals surface area contributed by atoms with Crippen LogP contribution in [0.1, 0.15) is 0 Å². The molecule has 0 atom stereocenters. The average Bonchev–Trinajstić information content (AvgIpc) is 1.81. The molecule has 0 unspecified atom stereocenters. The molecule has 62 valence electrons. The zero-order valence-electron chi connectivity index (χ0n) is 4.91. The Hall–Kier alpha value is 0.690. The summed E-state index contributed by atoms with van der Waals surface area (Å²) in [4.78, 5) is 16.4. The number of hydrogen-bond acceptors (Lipinski definition) is 2. The lowest BCUT2D eigenvalue weighted by atomic mass is 10.5. The molecule has 0 saturated carbocycles. The number of hydrogen-bond donors (Lipinski definition) is 2. The van der Waals surface area contributed by atoms with Gasteiger partial charge in [0.2, 0.25) is 0 Å². The van der Waals surface area contributed by atoms with E-state index in [0.717, 1.165) is 0 Å². The zero-order valence-corrected chi connectivity index (χ0v) is 7.31. The van der Waals surface area contributed by atoms with Crippen molar-refractivity contribution in [2.45, 2.75) is 6.10 Å². The molecule has 10 heavy (non-hydrogen) atoms. The molecule has 7 heteroatoms. The molecule has 0 aliphatic heterocycles. The Balaban J connectivity index is 3.75. The highest BCUT2D eigenvalue weighted by Gasteiger charge is 2.20. The van der Waals surface area contributed by atoms with E-state index in [1.54, 1.807) is 0 Å². The van der Waals surface area contributed by atoms with Crippen molar-refractivity contribution in [2.75, 3.05) is 11.8 Å². The predicted octanol–water partition coefficient (Wildman–Crippen LogP) is 0.942. The number of phosphoric acid groups is 1. The van der Waals surface area contributed by atoms with Crippen LogP contribution < -0.4 is 0 Å². The largest absolute Gasteiger partial charge is 0.469 e. The van der Waals surface area contributed by atoms with Crippen molar-refractivity contribution in [3.8, 4) is 0 Å². The second kappa shape index (κ2) is 4.54. The molecule has 0 aromatic heterocycles. The summed E-state index contributed by atoms with van der Waals surface area (Å²) in [5, 5.41) is 0. The Kier molecular flexibility index (Phi) is 4.86. The quantitative estimate of drug-likeness (QED) is 0.534. The average molecular weight is 209 g/mol. The minimum atomic E-state index is -4.42. The fourth-order valence-electron chi connectivity index (χ4n) is 0.292. The van der Waals surface area contributed by atoms with Gasteiger partial charge in [-0.25, -0.2) is 4.57 Å². The zero-order chi connectivity index (χ0) is 8.20. The fraction of sp³-hybridized carbons (Fsp3) is 1.00. The van der Waals surface area contributed by atoms with E-state index >= 15 is 0 Å². The van der Waals surface area contributed by atoms with Gasteiger partial charge in [-0.1, -0.05) is 0 Å². The van der Waals surface area contributed by atoms with Crippen molar-refractivity contribution in [3.05, 3.63) is 0 Å². The van der Waals surface area contributed by atoms with Crippen molar-refractivity contribution in [1.82, 2.24) is 0 Å². The first-order chi connectivity index (χ1) is 4.49. The van der Waals surface area contributed by atoms with Crippen molar-refractivity contribution < 1.29 is 18.9 Å².